The molecule has 0 spiro atoms. The number of carboxylic acids is 1. The maximum absolute atomic E-state index is 13.4. The SMILES string of the molecule is CNCCCn1c(NOC)nc2c1ccc[n+]2CC1=C(C=O)N2C(=O)C(NC(=O)/C(=N\O[C@@H](C)C(=O)O)c3nc(N)sc3Cl)C2SC1. The van der Waals surface area contributed by atoms with Crippen molar-refractivity contribution in [1.82, 2.24) is 30.1 Å². The number of aromatic nitrogens is 4. The van der Waals surface area contributed by atoms with Gasteiger partial charge in [-0.3, -0.25) is 28.7 Å². The Hall–Kier alpha value is -4.30. The lowest BCUT2D eigenvalue weighted by atomic mass is 10.0. The second-order valence-corrected chi connectivity index (χ2v) is 13.1. The Morgan fingerprint density at radius 1 is 1.38 bits per heavy atom. The summed E-state index contributed by atoms with van der Waals surface area (Å²) in [5.41, 5.74) is 10.4. The number of nitrogen functional groups attached to an aromatic ring is 1. The van der Waals surface area contributed by atoms with Crippen LogP contribution in [0.2, 0.25) is 4.34 Å². The number of aryl methyl sites for hydroxylation is 1. The highest BCUT2D eigenvalue weighted by molar-refractivity contribution is 8.00. The number of imidazole rings is 1. The van der Waals surface area contributed by atoms with Crippen molar-refractivity contribution in [2.45, 2.75) is 44.0 Å². The summed E-state index contributed by atoms with van der Waals surface area (Å²) in [4.78, 5) is 70.6. The minimum Gasteiger partial charge on any atom is -0.478 e. The number of β-lactam (4-membered cyclic amide) rings is 1. The molecule has 1 saturated heterocycles. The van der Waals surface area contributed by atoms with Crippen LogP contribution in [0.15, 0.2) is 34.8 Å². The third-order valence-electron chi connectivity index (χ3n) is 7.33. The Bertz CT molecular complexity index is 1780. The third-order valence-corrected chi connectivity index (χ3v) is 9.75. The number of hydrogen-bond donors (Lipinski definition) is 5. The molecule has 6 N–H and O–H groups in total. The quantitative estimate of drug-likeness (QED) is 0.0360. The lowest BCUT2D eigenvalue weighted by Gasteiger charge is -2.49. The summed E-state index contributed by atoms with van der Waals surface area (Å²) < 4.78 is 3.93. The van der Waals surface area contributed by atoms with E-state index in [-0.39, 0.29) is 27.4 Å². The van der Waals surface area contributed by atoms with Gasteiger partial charge in [0.05, 0.1) is 19.0 Å². The Kier molecular flexibility index (Phi) is 10.6. The normalized spacial score (nSPS) is 18.5. The highest BCUT2D eigenvalue weighted by Crippen LogP contribution is 2.40. The van der Waals surface area contributed by atoms with E-state index in [2.05, 4.69) is 26.3 Å². The van der Waals surface area contributed by atoms with Gasteiger partial charge in [-0.15, -0.1) is 11.8 Å². The Balaban J connectivity index is 1.37. The number of aliphatic carboxylic acids is 1. The molecule has 2 unspecified atom stereocenters. The number of carbonyl (C=O) groups is 4. The predicted molar refractivity (Wildman–Crippen MR) is 173 cm³/mol. The van der Waals surface area contributed by atoms with Crippen molar-refractivity contribution in [3.8, 4) is 0 Å². The molecule has 2 aliphatic rings. The molecule has 0 bridgehead atoms. The van der Waals surface area contributed by atoms with Crippen LogP contribution in [0.1, 0.15) is 19.0 Å². The van der Waals surface area contributed by atoms with Crippen LogP contribution in [0.4, 0.5) is 11.1 Å². The van der Waals surface area contributed by atoms with E-state index in [4.69, 9.17) is 37.1 Å². The maximum atomic E-state index is 13.4. The molecule has 2 aliphatic heterocycles. The molecule has 47 heavy (non-hydrogen) atoms. The molecule has 3 atom stereocenters. The fraction of sp³-hybridized carbons (Fsp3) is 0.407. The Morgan fingerprint density at radius 2 is 2.17 bits per heavy atom. The van der Waals surface area contributed by atoms with Gasteiger partial charge in [0, 0.05) is 22.9 Å². The van der Waals surface area contributed by atoms with Crippen molar-refractivity contribution in [3.63, 3.8) is 0 Å². The number of nitrogens with two attached hydrogens (primary N) is 1. The first-order valence-electron chi connectivity index (χ1n) is 14.2. The van der Waals surface area contributed by atoms with Gasteiger partial charge in [0.1, 0.15) is 33.5 Å². The number of fused-ring (bicyclic) bond motifs is 2. The highest BCUT2D eigenvalue weighted by atomic mass is 35.5. The highest BCUT2D eigenvalue weighted by Gasteiger charge is 2.53. The van der Waals surface area contributed by atoms with Crippen molar-refractivity contribution in [1.29, 1.82) is 0 Å². The number of anilines is 2. The topological polar surface area (TPSA) is 219 Å². The molecule has 5 heterocycles. The molecule has 3 aromatic heterocycles. The fourth-order valence-corrected chi connectivity index (χ4v) is 7.33. The number of oxime groups is 1. The number of amides is 2. The zero-order chi connectivity index (χ0) is 33.8. The van der Waals surface area contributed by atoms with Crippen molar-refractivity contribution >= 4 is 86.7 Å². The molecule has 2 amide bonds. The van der Waals surface area contributed by atoms with Gasteiger partial charge in [0.2, 0.25) is 6.10 Å². The van der Waals surface area contributed by atoms with Crippen LogP contribution in [-0.2, 0) is 41.9 Å². The first-order valence-corrected chi connectivity index (χ1v) is 16.5. The van der Waals surface area contributed by atoms with Gasteiger partial charge in [-0.1, -0.05) is 28.1 Å². The summed E-state index contributed by atoms with van der Waals surface area (Å²) in [6, 6.07) is 2.81. The number of thiazole rings is 1. The fourth-order valence-electron chi connectivity index (χ4n) is 5.04. The number of allylic oxidation sites excluding steroid dienone is 1. The van der Waals surface area contributed by atoms with E-state index in [0.29, 0.717) is 35.8 Å². The summed E-state index contributed by atoms with van der Waals surface area (Å²) in [6.07, 6.45) is 1.95. The summed E-state index contributed by atoms with van der Waals surface area (Å²) in [7, 11) is 3.40. The number of rotatable bonds is 15. The summed E-state index contributed by atoms with van der Waals surface area (Å²) in [6.45, 7) is 3.00. The third kappa shape index (κ3) is 6.89. The second kappa shape index (κ2) is 14.6. The van der Waals surface area contributed by atoms with E-state index in [0.717, 1.165) is 29.8 Å². The molecule has 1 fully saturated rings. The van der Waals surface area contributed by atoms with Gasteiger partial charge in [0.25, 0.3) is 11.8 Å². The van der Waals surface area contributed by atoms with Crippen LogP contribution >= 0.6 is 34.7 Å². The molecule has 20 heteroatoms. The number of carboxylic acid groups (broad SMARTS) is 1. The first kappa shape index (κ1) is 34.0. The summed E-state index contributed by atoms with van der Waals surface area (Å²) >= 11 is 8.45. The van der Waals surface area contributed by atoms with Crippen molar-refractivity contribution in [3.05, 3.63) is 39.6 Å². The zero-order valence-corrected chi connectivity index (χ0v) is 27.8. The standard InChI is InChI=1S/C27H31ClN10O7S2/c1-13(25(42)43)45-34-18(17-20(28)47-26(29)32-17)22(40)31-19-23(41)38-16(11-39)14(12-46-24(19)38)10-36-8-4-6-15-21(36)33-27(35-44-3)37(15)9-5-7-30-2/h4,6,8,11,13,19,24,30H,5,7,9-10,12H2,1-3H3,(H4,29,31,32,40,42,43)/p+1/b34-18-/t13-,19?,24?/m0/s1. The molecule has 0 aromatic carbocycles. The van der Waals surface area contributed by atoms with E-state index in [1.165, 1.54) is 30.7 Å². The average molecular weight is 708 g/mol. The van der Waals surface area contributed by atoms with E-state index in [9.17, 15) is 19.2 Å². The first-order chi connectivity index (χ1) is 22.6. The van der Waals surface area contributed by atoms with E-state index in [1.54, 1.807) is 0 Å². The Morgan fingerprint density at radius 3 is 2.83 bits per heavy atom. The van der Waals surface area contributed by atoms with Gasteiger partial charge in [-0.25, -0.2) is 19.8 Å². The van der Waals surface area contributed by atoms with Crippen LogP contribution in [0.25, 0.3) is 11.2 Å². The molecule has 0 radical (unpaired) electrons. The second-order valence-electron chi connectivity index (χ2n) is 10.4. The van der Waals surface area contributed by atoms with Crippen LogP contribution in [0, 0.1) is 0 Å². The van der Waals surface area contributed by atoms with Gasteiger partial charge >= 0.3 is 17.6 Å². The van der Waals surface area contributed by atoms with Crippen molar-refractivity contribution < 1.29 is 38.5 Å². The number of hydrogen-bond acceptors (Lipinski definition) is 14. The van der Waals surface area contributed by atoms with E-state index >= 15 is 0 Å². The van der Waals surface area contributed by atoms with Crippen molar-refractivity contribution in [2.75, 3.05) is 37.7 Å². The van der Waals surface area contributed by atoms with Gasteiger partial charge < -0.3 is 26.3 Å². The Labute approximate surface area is 281 Å². The number of thioether (sulfide) groups is 1. The van der Waals surface area contributed by atoms with Crippen LogP contribution < -0.4 is 26.4 Å². The van der Waals surface area contributed by atoms with Gasteiger partial charge in [0.15, 0.2) is 17.1 Å². The smallest absolute Gasteiger partial charge is 0.351 e. The monoisotopic (exact) mass is 707 g/mol. The number of nitrogens with zero attached hydrogens (tertiary/aromatic N) is 6. The van der Waals surface area contributed by atoms with E-state index in [1.807, 2.05) is 34.5 Å². The average Bonchev–Trinajstić information content (AvgIpc) is 3.57. The number of pyridine rings is 1. The zero-order valence-electron chi connectivity index (χ0n) is 25.4. The van der Waals surface area contributed by atoms with Crippen LogP contribution in [0.3, 0.4) is 0 Å². The molecule has 3 aromatic rings. The van der Waals surface area contributed by atoms with Crippen LogP contribution in [0.5, 0.6) is 0 Å². The molecule has 17 nitrogen and oxygen atoms in total. The summed E-state index contributed by atoms with van der Waals surface area (Å²) in [5, 5.41) is 18.0. The molecule has 0 aliphatic carbocycles. The number of carbonyl (C=O) groups excluding carboxylic acids is 3. The minimum atomic E-state index is -1.39. The molecule has 5 rings (SSSR count). The summed E-state index contributed by atoms with van der Waals surface area (Å²) in [5.74, 6) is -1.79. The van der Waals surface area contributed by atoms with Crippen molar-refractivity contribution in [2.24, 2.45) is 5.16 Å². The molecular formula is C27H32ClN10O7S2+. The minimum absolute atomic E-state index is 0.0211. The maximum Gasteiger partial charge on any atom is 0.351 e. The predicted octanol–water partition coefficient (Wildman–Crippen LogP) is 0.346. The van der Waals surface area contributed by atoms with Crippen LogP contribution in [-0.4, -0.2) is 98.3 Å². The largest absolute Gasteiger partial charge is 0.478 e. The van der Waals surface area contributed by atoms with Gasteiger partial charge in [-0.2, -0.15) is 0 Å². The van der Waals surface area contributed by atoms with E-state index < -0.39 is 41.0 Å². The van der Waals surface area contributed by atoms with Gasteiger partial charge in [-0.05, 0) is 39.1 Å². The molecular weight excluding hydrogens is 676 g/mol. The molecule has 0 saturated carbocycles. The number of aldehydes is 1. The molecule has 250 valence electrons. The lowest BCUT2D eigenvalue weighted by Crippen LogP contribution is -2.70. The number of halogens is 1. The lowest BCUT2D eigenvalue weighted by molar-refractivity contribution is -0.664. The number of nitrogens with one attached hydrogen (secondary N) is 3.